The Labute approximate surface area is 137 Å². The van der Waals surface area contributed by atoms with Gasteiger partial charge in [0.05, 0.1) is 11.3 Å². The topological polar surface area (TPSA) is 91.2 Å². The van der Waals surface area contributed by atoms with Crippen LogP contribution in [0.5, 0.6) is 11.5 Å². The van der Waals surface area contributed by atoms with E-state index in [0.717, 1.165) is 0 Å². The first-order chi connectivity index (χ1) is 11.8. The number of hydrogen-bond donors (Lipinski definition) is 1. The number of rotatable bonds is 3. The van der Waals surface area contributed by atoms with Crippen molar-refractivity contribution in [2.24, 2.45) is 0 Å². The molecular formula is C16H13N5O3. The molecule has 0 spiro atoms. The van der Waals surface area contributed by atoms with Crippen LogP contribution in [0.2, 0.25) is 0 Å². The number of benzene rings is 2. The maximum atomic E-state index is 12.6. The Balaban J connectivity index is 1.61. The van der Waals surface area contributed by atoms with Gasteiger partial charge >= 0.3 is 0 Å². The van der Waals surface area contributed by atoms with E-state index in [1.54, 1.807) is 36.4 Å². The van der Waals surface area contributed by atoms with Gasteiger partial charge in [0.15, 0.2) is 11.5 Å². The Morgan fingerprint density at radius 2 is 1.92 bits per heavy atom. The molecule has 1 aliphatic rings. The molecule has 1 amide bonds. The van der Waals surface area contributed by atoms with E-state index in [1.807, 2.05) is 6.07 Å². The molecule has 2 aromatic carbocycles. The Morgan fingerprint density at radius 1 is 1.08 bits per heavy atom. The van der Waals surface area contributed by atoms with Crippen molar-refractivity contribution in [3.63, 3.8) is 0 Å². The van der Waals surface area contributed by atoms with Gasteiger partial charge in [0.1, 0.15) is 19.5 Å². The third kappa shape index (κ3) is 2.65. The molecule has 1 N–H and O–H groups in total. The average Bonchev–Trinajstić information content (AvgIpc) is 3.16. The van der Waals surface area contributed by atoms with E-state index >= 15 is 0 Å². The number of carbonyl (C=O) groups excluding carboxylic acids is 1. The van der Waals surface area contributed by atoms with Gasteiger partial charge in [0.25, 0.3) is 5.91 Å². The van der Waals surface area contributed by atoms with Crippen molar-refractivity contribution < 1.29 is 14.3 Å². The maximum Gasteiger partial charge on any atom is 0.257 e. The lowest BCUT2D eigenvalue weighted by atomic mass is 10.1. The zero-order valence-corrected chi connectivity index (χ0v) is 12.5. The quantitative estimate of drug-likeness (QED) is 0.788. The molecule has 1 aromatic heterocycles. The molecule has 0 radical (unpaired) electrons. The number of fused-ring (bicyclic) bond motifs is 1. The van der Waals surface area contributed by atoms with Crippen molar-refractivity contribution in [1.29, 1.82) is 0 Å². The number of amides is 1. The number of carbonyl (C=O) groups is 1. The summed E-state index contributed by atoms with van der Waals surface area (Å²) in [5.74, 6) is 1.03. The number of tetrazole rings is 1. The van der Waals surface area contributed by atoms with E-state index in [1.165, 1.54) is 11.0 Å². The summed E-state index contributed by atoms with van der Waals surface area (Å²) in [4.78, 5) is 12.6. The highest BCUT2D eigenvalue weighted by molar-refractivity contribution is 6.06. The molecule has 24 heavy (non-hydrogen) atoms. The van der Waals surface area contributed by atoms with Gasteiger partial charge in [-0.3, -0.25) is 4.79 Å². The Bertz CT molecular complexity index is 879. The van der Waals surface area contributed by atoms with Crippen LogP contribution >= 0.6 is 0 Å². The van der Waals surface area contributed by atoms with Crippen LogP contribution in [-0.2, 0) is 0 Å². The van der Waals surface area contributed by atoms with Crippen LogP contribution in [0.15, 0.2) is 48.8 Å². The van der Waals surface area contributed by atoms with E-state index in [4.69, 9.17) is 9.47 Å². The minimum atomic E-state index is -0.266. The van der Waals surface area contributed by atoms with Crippen molar-refractivity contribution in [3.8, 4) is 17.2 Å². The Morgan fingerprint density at radius 3 is 2.75 bits per heavy atom. The van der Waals surface area contributed by atoms with Crippen LogP contribution in [0.4, 0.5) is 5.69 Å². The zero-order valence-electron chi connectivity index (χ0n) is 12.5. The fourth-order valence-electron chi connectivity index (χ4n) is 2.46. The summed E-state index contributed by atoms with van der Waals surface area (Å²) in [5.41, 5.74) is 1.67. The van der Waals surface area contributed by atoms with Crippen LogP contribution < -0.4 is 14.8 Å². The van der Waals surface area contributed by atoms with Crippen molar-refractivity contribution >= 4 is 11.6 Å². The lowest BCUT2D eigenvalue weighted by molar-refractivity contribution is 0.102. The van der Waals surface area contributed by atoms with Crippen molar-refractivity contribution in [2.45, 2.75) is 0 Å². The molecule has 0 atom stereocenters. The third-order valence-electron chi connectivity index (χ3n) is 3.54. The normalized spacial score (nSPS) is 12.7. The fraction of sp³-hybridized carbons (Fsp3) is 0.125. The van der Waals surface area contributed by atoms with Gasteiger partial charge in [-0.2, -0.15) is 4.68 Å². The number of aromatic nitrogens is 4. The Hall–Kier alpha value is -3.42. The predicted octanol–water partition coefficient (Wildman–Crippen LogP) is 1.69. The van der Waals surface area contributed by atoms with E-state index in [9.17, 15) is 4.79 Å². The van der Waals surface area contributed by atoms with Crippen LogP contribution in [0.1, 0.15) is 10.4 Å². The zero-order chi connectivity index (χ0) is 16.4. The molecule has 1 aliphatic heterocycles. The average molecular weight is 323 g/mol. The smallest absolute Gasteiger partial charge is 0.257 e. The minimum absolute atomic E-state index is 0.266. The number of para-hydroxylation sites is 1. The molecule has 2 heterocycles. The maximum absolute atomic E-state index is 12.6. The van der Waals surface area contributed by atoms with Crippen LogP contribution in [0, 0.1) is 0 Å². The molecule has 0 fully saturated rings. The highest BCUT2D eigenvalue weighted by Gasteiger charge is 2.16. The van der Waals surface area contributed by atoms with Crippen LogP contribution in [0.3, 0.4) is 0 Å². The van der Waals surface area contributed by atoms with E-state index in [0.29, 0.717) is 41.7 Å². The second-order valence-electron chi connectivity index (χ2n) is 5.08. The summed E-state index contributed by atoms with van der Waals surface area (Å²) in [6.45, 7) is 1.02. The summed E-state index contributed by atoms with van der Waals surface area (Å²) >= 11 is 0. The Kier molecular flexibility index (Phi) is 3.54. The number of nitrogens with one attached hydrogen (secondary N) is 1. The molecular weight excluding hydrogens is 310 g/mol. The monoisotopic (exact) mass is 323 g/mol. The third-order valence-corrected chi connectivity index (χ3v) is 3.54. The number of nitrogens with zero attached hydrogens (tertiary/aromatic N) is 4. The first kappa shape index (κ1) is 14.2. The summed E-state index contributed by atoms with van der Waals surface area (Å²) in [5, 5.41) is 13.9. The molecule has 8 heteroatoms. The fourth-order valence-corrected chi connectivity index (χ4v) is 2.46. The van der Waals surface area contributed by atoms with E-state index < -0.39 is 0 Å². The first-order valence-electron chi connectivity index (χ1n) is 7.35. The lowest BCUT2D eigenvalue weighted by Gasteiger charge is -2.19. The number of hydrogen-bond acceptors (Lipinski definition) is 6. The molecule has 0 unspecified atom stereocenters. The number of ether oxygens (including phenoxy) is 2. The van der Waals surface area contributed by atoms with Gasteiger partial charge in [0.2, 0.25) is 0 Å². The summed E-state index contributed by atoms with van der Waals surface area (Å²) < 4.78 is 12.4. The highest BCUT2D eigenvalue weighted by Crippen LogP contribution is 2.32. The minimum Gasteiger partial charge on any atom is -0.486 e. The van der Waals surface area contributed by atoms with Gasteiger partial charge in [0, 0.05) is 11.8 Å². The predicted molar refractivity (Wildman–Crippen MR) is 84.5 cm³/mol. The largest absolute Gasteiger partial charge is 0.486 e. The summed E-state index contributed by atoms with van der Waals surface area (Å²) in [7, 11) is 0. The molecule has 0 bridgehead atoms. The van der Waals surface area contributed by atoms with Gasteiger partial charge in [-0.15, -0.1) is 5.10 Å². The van der Waals surface area contributed by atoms with E-state index in [-0.39, 0.29) is 5.91 Å². The van der Waals surface area contributed by atoms with E-state index in [2.05, 4.69) is 20.8 Å². The van der Waals surface area contributed by atoms with Crippen molar-refractivity contribution in [3.05, 3.63) is 54.4 Å². The first-order valence-corrected chi connectivity index (χ1v) is 7.35. The molecule has 4 rings (SSSR count). The van der Waals surface area contributed by atoms with Gasteiger partial charge in [-0.25, -0.2) is 0 Å². The highest BCUT2D eigenvalue weighted by atomic mass is 16.6. The second kappa shape index (κ2) is 5.99. The molecule has 0 saturated heterocycles. The molecule has 0 aliphatic carbocycles. The standard InChI is InChI=1S/C16H13N5O3/c22-16(12-3-1-2-4-13(12)21-10-17-19-20-21)18-11-5-6-14-15(9-11)24-8-7-23-14/h1-6,9-10H,7-8H2,(H,18,22). The van der Waals surface area contributed by atoms with Gasteiger partial charge in [-0.05, 0) is 34.7 Å². The molecule has 8 nitrogen and oxygen atoms in total. The van der Waals surface area contributed by atoms with Gasteiger partial charge < -0.3 is 14.8 Å². The molecule has 120 valence electrons. The van der Waals surface area contributed by atoms with Crippen molar-refractivity contribution in [2.75, 3.05) is 18.5 Å². The molecule has 0 saturated carbocycles. The number of anilines is 1. The van der Waals surface area contributed by atoms with Crippen LogP contribution in [0.25, 0.3) is 5.69 Å². The van der Waals surface area contributed by atoms with Crippen LogP contribution in [-0.4, -0.2) is 39.3 Å². The van der Waals surface area contributed by atoms with Gasteiger partial charge in [-0.1, -0.05) is 12.1 Å². The SMILES string of the molecule is O=C(Nc1ccc2c(c1)OCCO2)c1ccccc1-n1cnnn1. The summed E-state index contributed by atoms with van der Waals surface area (Å²) in [6, 6.07) is 12.4. The summed E-state index contributed by atoms with van der Waals surface area (Å²) in [6.07, 6.45) is 1.44. The van der Waals surface area contributed by atoms with Crippen molar-refractivity contribution in [1.82, 2.24) is 20.2 Å². The lowest BCUT2D eigenvalue weighted by Crippen LogP contribution is -2.17. The molecule has 3 aromatic rings. The second-order valence-corrected chi connectivity index (χ2v) is 5.08.